The van der Waals surface area contributed by atoms with Crippen molar-refractivity contribution in [3.8, 4) is 11.5 Å². The van der Waals surface area contributed by atoms with E-state index in [9.17, 15) is 4.79 Å². The predicted octanol–water partition coefficient (Wildman–Crippen LogP) is 9.46. The third-order valence-corrected chi connectivity index (χ3v) is 9.51. The molecule has 0 aliphatic heterocycles. The zero-order chi connectivity index (χ0) is 37.9. The number of benzene rings is 3. The summed E-state index contributed by atoms with van der Waals surface area (Å²) >= 11 is 0. The van der Waals surface area contributed by atoms with Crippen LogP contribution in [0.4, 0.5) is 0 Å². The van der Waals surface area contributed by atoms with Gasteiger partial charge in [-0.1, -0.05) is 112 Å². The van der Waals surface area contributed by atoms with E-state index in [0.717, 1.165) is 48.0 Å². The van der Waals surface area contributed by atoms with Crippen molar-refractivity contribution >= 4 is 17.1 Å². The highest BCUT2D eigenvalue weighted by molar-refractivity contribution is 5.90. The molecule has 5 rings (SSSR count). The van der Waals surface area contributed by atoms with Crippen LogP contribution >= 0.6 is 0 Å². The fraction of sp³-hybridized carbons (Fsp3) is 0.413. The molecule has 2 atom stereocenters. The van der Waals surface area contributed by atoms with Crippen LogP contribution in [0.1, 0.15) is 73.9 Å². The van der Waals surface area contributed by atoms with Crippen molar-refractivity contribution < 1.29 is 38.0 Å². The lowest BCUT2D eigenvalue weighted by Gasteiger charge is -2.34. The second-order valence-electron chi connectivity index (χ2n) is 13.6. The molecule has 288 valence electrons. The van der Waals surface area contributed by atoms with Crippen molar-refractivity contribution in [2.45, 2.75) is 63.6 Å². The first-order chi connectivity index (χ1) is 26.5. The van der Waals surface area contributed by atoms with E-state index in [1.165, 1.54) is 7.11 Å². The third-order valence-electron chi connectivity index (χ3n) is 9.51. The summed E-state index contributed by atoms with van der Waals surface area (Å²) in [5.74, 6) is 0.422. The minimum absolute atomic E-state index is 0.178. The number of carbonyl (C=O) groups excluding carboxylic acids is 1. The smallest absolute Gasteiger partial charge is 0.337 e. The zero-order valence-electron chi connectivity index (χ0n) is 32.1. The topological polar surface area (TPSA) is 81.7 Å². The molecule has 0 bridgehead atoms. The Labute approximate surface area is 321 Å². The minimum atomic E-state index is -0.766. The summed E-state index contributed by atoms with van der Waals surface area (Å²) in [4.78, 5) is 12.7. The molecule has 2 aliphatic rings. The van der Waals surface area contributed by atoms with Gasteiger partial charge in [0.25, 0.3) is 0 Å². The monoisotopic (exact) mass is 736 g/mol. The number of hydrogen-bond acceptors (Lipinski definition) is 8. The van der Waals surface area contributed by atoms with Gasteiger partial charge in [-0.2, -0.15) is 0 Å². The van der Waals surface area contributed by atoms with Gasteiger partial charge in [-0.15, -0.1) is 0 Å². The Kier molecular flexibility index (Phi) is 16.2. The fourth-order valence-electron chi connectivity index (χ4n) is 6.21. The van der Waals surface area contributed by atoms with Gasteiger partial charge in [0, 0.05) is 26.1 Å². The van der Waals surface area contributed by atoms with E-state index in [2.05, 4.69) is 74.6 Å². The van der Waals surface area contributed by atoms with Crippen LogP contribution in [-0.4, -0.2) is 77.1 Å². The summed E-state index contributed by atoms with van der Waals surface area (Å²) in [6.07, 6.45) is 18.1. The molecule has 8 nitrogen and oxygen atoms in total. The average Bonchev–Trinajstić information content (AvgIpc) is 3.23. The number of ether oxygens (including phenoxy) is 7. The second kappa shape index (κ2) is 21.4. The second-order valence-corrected chi connectivity index (χ2v) is 13.6. The van der Waals surface area contributed by atoms with Crippen LogP contribution in [0.25, 0.3) is 11.1 Å². The van der Waals surface area contributed by atoms with Crippen molar-refractivity contribution in [2.24, 2.45) is 0 Å². The maximum Gasteiger partial charge on any atom is 0.337 e. The number of carbonyl (C=O) groups is 1. The first-order valence-electron chi connectivity index (χ1n) is 19.3. The van der Waals surface area contributed by atoms with Gasteiger partial charge in [0.2, 0.25) is 0 Å². The Morgan fingerprint density at radius 3 is 1.56 bits per heavy atom. The standard InChI is InChI=1S/C46H56O8/c1-4-6-28-49-30-32-53-45(24-20-39(21-25-45)37-14-10-8-11-15-37)35-51-42-19-18-41(44(47)48-3)34-43(42)52-36-46(54-33-31-50-29-7-5-2)26-22-40(23-27-46)38-16-12-9-13-17-38/h8-24,26,34H,4-7,25,27-33,35-36H2,1-3H3. The van der Waals surface area contributed by atoms with Gasteiger partial charge in [0.1, 0.15) is 24.4 Å². The Hall–Kier alpha value is -4.47. The van der Waals surface area contributed by atoms with Crippen LogP contribution in [0.5, 0.6) is 11.5 Å². The molecule has 0 amide bonds. The molecule has 0 N–H and O–H groups in total. The van der Waals surface area contributed by atoms with E-state index in [4.69, 9.17) is 33.2 Å². The van der Waals surface area contributed by atoms with E-state index >= 15 is 0 Å². The summed E-state index contributed by atoms with van der Waals surface area (Å²) in [6.45, 7) is 7.90. The van der Waals surface area contributed by atoms with Gasteiger partial charge >= 0.3 is 5.97 Å². The van der Waals surface area contributed by atoms with Gasteiger partial charge in [-0.05, 0) is 65.5 Å². The summed E-state index contributed by atoms with van der Waals surface area (Å²) in [5.41, 5.74) is 3.39. The van der Waals surface area contributed by atoms with Crippen LogP contribution in [0.15, 0.2) is 115 Å². The normalized spacial score (nSPS) is 19.2. The third kappa shape index (κ3) is 12.0. The van der Waals surface area contributed by atoms with Gasteiger partial charge in [-0.3, -0.25) is 0 Å². The van der Waals surface area contributed by atoms with E-state index in [-0.39, 0.29) is 13.2 Å². The number of allylic oxidation sites excluding steroid dienone is 4. The zero-order valence-corrected chi connectivity index (χ0v) is 32.1. The minimum Gasteiger partial charge on any atom is -0.486 e. The molecule has 3 aromatic rings. The molecule has 0 saturated heterocycles. The molecule has 0 radical (unpaired) electrons. The van der Waals surface area contributed by atoms with Gasteiger partial charge < -0.3 is 33.2 Å². The number of rotatable bonds is 23. The van der Waals surface area contributed by atoms with Crippen molar-refractivity contribution in [1.29, 1.82) is 0 Å². The highest BCUT2D eigenvalue weighted by Crippen LogP contribution is 2.36. The Balaban J connectivity index is 1.34. The molecule has 0 saturated carbocycles. The molecule has 0 aromatic heterocycles. The molecule has 0 heterocycles. The fourth-order valence-corrected chi connectivity index (χ4v) is 6.21. The summed E-state index contributed by atoms with van der Waals surface area (Å²) in [6, 6.07) is 25.7. The largest absolute Gasteiger partial charge is 0.486 e. The molecule has 8 heteroatoms. The lowest BCUT2D eigenvalue weighted by Crippen LogP contribution is -2.40. The molecule has 3 aromatic carbocycles. The van der Waals surface area contributed by atoms with Crippen molar-refractivity contribution in [1.82, 2.24) is 0 Å². The van der Waals surface area contributed by atoms with E-state index in [0.29, 0.717) is 69.5 Å². The maximum atomic E-state index is 12.7. The first-order valence-corrected chi connectivity index (χ1v) is 19.3. The van der Waals surface area contributed by atoms with Crippen molar-refractivity contribution in [3.63, 3.8) is 0 Å². The molecular weight excluding hydrogens is 680 g/mol. The lowest BCUT2D eigenvalue weighted by atomic mass is 9.89. The van der Waals surface area contributed by atoms with Gasteiger partial charge in [0.05, 0.1) is 39.1 Å². The summed E-state index contributed by atoms with van der Waals surface area (Å²) < 4.78 is 42.9. The number of unbranched alkanes of at least 4 members (excludes halogenated alkanes) is 2. The van der Waals surface area contributed by atoms with Gasteiger partial charge in [-0.25, -0.2) is 4.79 Å². The lowest BCUT2D eigenvalue weighted by molar-refractivity contribution is -0.0635. The number of hydrogen-bond donors (Lipinski definition) is 0. The Morgan fingerprint density at radius 1 is 0.611 bits per heavy atom. The summed E-state index contributed by atoms with van der Waals surface area (Å²) in [7, 11) is 1.36. The van der Waals surface area contributed by atoms with E-state index in [1.807, 2.05) is 36.4 Å². The predicted molar refractivity (Wildman–Crippen MR) is 214 cm³/mol. The van der Waals surface area contributed by atoms with Crippen LogP contribution in [0, 0.1) is 0 Å². The SMILES string of the molecule is CCCCOCCOC1(COc2ccc(C(=O)OC)cc2OCC2(OCCOCCCC)C=CC(c3ccccc3)=CC2)C=CC(c2ccccc2)=CC1. The number of esters is 1. The molecule has 0 spiro atoms. The molecule has 54 heavy (non-hydrogen) atoms. The molecule has 2 unspecified atom stereocenters. The van der Waals surface area contributed by atoms with Crippen molar-refractivity contribution in [2.75, 3.05) is 60.0 Å². The highest BCUT2D eigenvalue weighted by atomic mass is 16.6. The molecule has 0 fully saturated rings. The quantitative estimate of drug-likeness (QED) is 0.0704. The summed E-state index contributed by atoms with van der Waals surface area (Å²) in [5, 5.41) is 0. The van der Waals surface area contributed by atoms with Crippen LogP contribution in [0.3, 0.4) is 0 Å². The van der Waals surface area contributed by atoms with E-state index in [1.54, 1.807) is 18.2 Å². The number of methoxy groups -OCH3 is 1. The Bertz CT molecular complexity index is 1710. The Morgan fingerprint density at radius 2 is 1.11 bits per heavy atom. The average molecular weight is 737 g/mol. The maximum absolute atomic E-state index is 12.7. The van der Waals surface area contributed by atoms with Crippen LogP contribution in [0.2, 0.25) is 0 Å². The first kappa shape index (κ1) is 40.7. The molecular formula is C46H56O8. The highest BCUT2D eigenvalue weighted by Gasteiger charge is 2.33. The molecule has 2 aliphatic carbocycles. The van der Waals surface area contributed by atoms with Crippen molar-refractivity contribution in [3.05, 3.63) is 132 Å². The van der Waals surface area contributed by atoms with Crippen LogP contribution < -0.4 is 9.47 Å². The van der Waals surface area contributed by atoms with Crippen LogP contribution in [-0.2, 0) is 23.7 Å². The van der Waals surface area contributed by atoms with E-state index < -0.39 is 17.2 Å². The van der Waals surface area contributed by atoms with Gasteiger partial charge in [0.15, 0.2) is 11.5 Å².